The number of aromatic nitrogens is 6. The normalized spacial score (nSPS) is 11.8. The minimum atomic E-state index is -0.0877. The topological polar surface area (TPSA) is 112 Å². The smallest absolute Gasteiger partial charge is 0.224 e. The molecule has 0 unspecified atom stereocenters. The second-order valence-corrected chi connectivity index (χ2v) is 10.6. The van der Waals surface area contributed by atoms with Gasteiger partial charge in [-0.3, -0.25) is 24.8 Å². The number of anilines is 1. The highest BCUT2D eigenvalue weighted by molar-refractivity contribution is 6.01. The molecular formula is C30H27N7O. The first-order chi connectivity index (χ1) is 18.3. The fraction of sp³-hybridized carbons (Fsp3) is 0.167. The van der Waals surface area contributed by atoms with E-state index in [9.17, 15) is 4.79 Å². The number of nitrogens with one attached hydrogen (secondary N) is 3. The summed E-state index contributed by atoms with van der Waals surface area (Å²) >= 11 is 0. The minimum Gasteiger partial charge on any atom is -0.353 e. The Morgan fingerprint density at radius 2 is 1.63 bits per heavy atom. The molecule has 6 aromatic rings. The maximum Gasteiger partial charge on any atom is 0.224 e. The van der Waals surface area contributed by atoms with E-state index in [0.717, 1.165) is 55.6 Å². The average Bonchev–Trinajstić information content (AvgIpc) is 3.51. The Morgan fingerprint density at radius 1 is 0.816 bits per heavy atom. The summed E-state index contributed by atoms with van der Waals surface area (Å²) in [6, 6.07) is 16.1. The zero-order valence-electron chi connectivity index (χ0n) is 21.4. The van der Waals surface area contributed by atoms with E-state index in [4.69, 9.17) is 0 Å². The Morgan fingerprint density at radius 3 is 2.45 bits per heavy atom. The van der Waals surface area contributed by atoms with Crippen molar-refractivity contribution in [3.8, 4) is 33.8 Å². The van der Waals surface area contributed by atoms with Crippen LogP contribution in [0, 0.1) is 5.41 Å². The summed E-state index contributed by atoms with van der Waals surface area (Å²) in [5, 5.41) is 12.8. The zero-order valence-corrected chi connectivity index (χ0v) is 21.4. The Bertz CT molecular complexity index is 1780. The fourth-order valence-corrected chi connectivity index (χ4v) is 4.67. The molecule has 8 nitrogen and oxygen atoms in total. The van der Waals surface area contributed by atoms with Gasteiger partial charge in [-0.25, -0.2) is 0 Å². The molecular weight excluding hydrogens is 474 g/mol. The number of fused-ring (bicyclic) bond motifs is 2. The van der Waals surface area contributed by atoms with Crippen LogP contribution < -0.4 is 5.32 Å². The van der Waals surface area contributed by atoms with Gasteiger partial charge in [0.2, 0.25) is 5.91 Å². The Kier molecular flexibility index (Phi) is 5.72. The predicted molar refractivity (Wildman–Crippen MR) is 150 cm³/mol. The molecule has 5 aromatic heterocycles. The first-order valence-corrected chi connectivity index (χ1v) is 12.5. The van der Waals surface area contributed by atoms with Crippen LogP contribution >= 0.6 is 0 Å². The maximum absolute atomic E-state index is 12.4. The lowest BCUT2D eigenvalue weighted by molar-refractivity contribution is -0.117. The van der Waals surface area contributed by atoms with Crippen molar-refractivity contribution in [2.75, 3.05) is 5.32 Å². The minimum absolute atomic E-state index is 0.0246. The van der Waals surface area contributed by atoms with Crippen molar-refractivity contribution in [2.24, 2.45) is 5.41 Å². The van der Waals surface area contributed by atoms with Gasteiger partial charge in [-0.05, 0) is 53.4 Å². The zero-order chi connectivity index (χ0) is 26.3. The molecule has 0 saturated heterocycles. The van der Waals surface area contributed by atoms with Gasteiger partial charge < -0.3 is 10.3 Å². The summed E-state index contributed by atoms with van der Waals surface area (Å²) in [6.07, 6.45) is 9.25. The molecule has 1 aromatic carbocycles. The summed E-state index contributed by atoms with van der Waals surface area (Å²) in [7, 11) is 0. The van der Waals surface area contributed by atoms with Gasteiger partial charge in [0.25, 0.3) is 0 Å². The third-order valence-electron chi connectivity index (χ3n) is 6.37. The number of aromatic amines is 2. The third-order valence-corrected chi connectivity index (χ3v) is 6.37. The van der Waals surface area contributed by atoms with E-state index in [2.05, 4.69) is 47.6 Å². The average molecular weight is 502 g/mol. The molecule has 1 amide bonds. The molecule has 188 valence electrons. The molecule has 38 heavy (non-hydrogen) atoms. The van der Waals surface area contributed by atoms with Gasteiger partial charge in [-0.1, -0.05) is 26.8 Å². The number of carbonyl (C=O) groups excluding carboxylic acids is 1. The van der Waals surface area contributed by atoms with Crippen LogP contribution in [-0.2, 0) is 4.79 Å². The fourth-order valence-electron chi connectivity index (χ4n) is 4.67. The second kappa shape index (κ2) is 9.23. The van der Waals surface area contributed by atoms with E-state index >= 15 is 0 Å². The molecule has 0 atom stereocenters. The highest BCUT2D eigenvalue weighted by Crippen LogP contribution is 2.34. The summed E-state index contributed by atoms with van der Waals surface area (Å²) < 4.78 is 0. The van der Waals surface area contributed by atoms with Gasteiger partial charge in [0.05, 0.1) is 28.8 Å². The molecule has 0 bridgehead atoms. The number of H-pyrrole nitrogens is 2. The van der Waals surface area contributed by atoms with Gasteiger partial charge in [0.15, 0.2) is 0 Å². The largest absolute Gasteiger partial charge is 0.353 e. The van der Waals surface area contributed by atoms with Crippen LogP contribution in [0.3, 0.4) is 0 Å². The number of hydrogen-bond donors (Lipinski definition) is 3. The van der Waals surface area contributed by atoms with Gasteiger partial charge >= 0.3 is 0 Å². The van der Waals surface area contributed by atoms with Crippen LogP contribution in [-0.4, -0.2) is 36.0 Å². The van der Waals surface area contributed by atoms with Crippen LogP contribution in [0.2, 0.25) is 0 Å². The Hall–Kier alpha value is -4.85. The van der Waals surface area contributed by atoms with Crippen LogP contribution in [0.5, 0.6) is 0 Å². The van der Waals surface area contributed by atoms with Crippen molar-refractivity contribution < 1.29 is 4.79 Å². The molecule has 3 N–H and O–H groups in total. The molecule has 0 spiro atoms. The lowest BCUT2D eigenvalue weighted by atomic mass is 9.92. The number of pyridine rings is 3. The molecule has 0 aliphatic heterocycles. The van der Waals surface area contributed by atoms with Crippen LogP contribution in [0.1, 0.15) is 27.2 Å². The molecule has 0 saturated carbocycles. The number of hydrogen-bond acceptors (Lipinski definition) is 5. The van der Waals surface area contributed by atoms with Crippen LogP contribution in [0.4, 0.5) is 5.69 Å². The van der Waals surface area contributed by atoms with E-state index in [0.29, 0.717) is 12.1 Å². The van der Waals surface area contributed by atoms with Gasteiger partial charge in [0.1, 0.15) is 5.69 Å². The molecule has 0 aliphatic carbocycles. The number of benzene rings is 1. The summed E-state index contributed by atoms with van der Waals surface area (Å²) in [5.74, 6) is -0.0246. The van der Waals surface area contributed by atoms with Crippen molar-refractivity contribution >= 4 is 33.4 Å². The number of carbonyl (C=O) groups is 1. The highest BCUT2D eigenvalue weighted by Gasteiger charge is 2.17. The van der Waals surface area contributed by atoms with E-state index in [1.807, 2.05) is 57.2 Å². The predicted octanol–water partition coefficient (Wildman–Crippen LogP) is 6.60. The standard InChI is InChI=1S/C30H27N7O/c1-30(2,3)15-27(38)34-21-12-20(16-32-17-21)19-4-5-25-22(13-19)29(37-36-25)26-14-23-24(35-26)8-11-33-28(23)18-6-9-31-10-7-18/h4-14,16-17,35H,15H2,1-3H3,(H,34,38)(H,36,37). The first kappa shape index (κ1) is 23.5. The summed E-state index contributed by atoms with van der Waals surface area (Å²) in [5.41, 5.74) is 8.01. The molecule has 5 heterocycles. The number of nitrogens with zero attached hydrogens (tertiary/aromatic N) is 4. The lowest BCUT2D eigenvalue weighted by Crippen LogP contribution is -2.19. The maximum atomic E-state index is 12.4. The quantitative estimate of drug-likeness (QED) is 0.246. The van der Waals surface area contributed by atoms with Gasteiger partial charge in [-0.2, -0.15) is 5.10 Å². The molecule has 0 radical (unpaired) electrons. The first-order valence-electron chi connectivity index (χ1n) is 12.5. The highest BCUT2D eigenvalue weighted by atomic mass is 16.1. The number of amides is 1. The molecule has 8 heteroatoms. The molecule has 6 rings (SSSR count). The van der Waals surface area contributed by atoms with Crippen molar-refractivity contribution in [2.45, 2.75) is 27.2 Å². The van der Waals surface area contributed by atoms with E-state index in [1.165, 1.54) is 0 Å². The van der Waals surface area contributed by atoms with E-state index < -0.39 is 0 Å². The monoisotopic (exact) mass is 501 g/mol. The molecule has 0 fully saturated rings. The van der Waals surface area contributed by atoms with Crippen molar-refractivity contribution in [1.82, 2.24) is 30.1 Å². The summed E-state index contributed by atoms with van der Waals surface area (Å²) in [4.78, 5) is 29.1. The van der Waals surface area contributed by atoms with Crippen molar-refractivity contribution in [3.05, 3.63) is 79.5 Å². The lowest BCUT2D eigenvalue weighted by Gasteiger charge is -2.17. The Labute approximate surface area is 219 Å². The van der Waals surface area contributed by atoms with Gasteiger partial charge in [-0.15, -0.1) is 0 Å². The molecule has 0 aliphatic rings. The van der Waals surface area contributed by atoms with E-state index in [-0.39, 0.29) is 11.3 Å². The number of rotatable bonds is 5. The second-order valence-electron chi connectivity index (χ2n) is 10.6. The SMILES string of the molecule is CC(C)(C)CC(=O)Nc1cncc(-c2ccc3[nH]nc(-c4cc5c(-c6ccncc6)nccc5[nH]4)c3c2)c1. The Balaban J connectivity index is 1.36. The summed E-state index contributed by atoms with van der Waals surface area (Å²) in [6.45, 7) is 6.13. The van der Waals surface area contributed by atoms with Crippen LogP contribution in [0.15, 0.2) is 79.5 Å². The van der Waals surface area contributed by atoms with Gasteiger partial charge in [0, 0.05) is 58.6 Å². The van der Waals surface area contributed by atoms with Crippen molar-refractivity contribution in [1.29, 1.82) is 0 Å². The third kappa shape index (κ3) is 4.64. The van der Waals surface area contributed by atoms with Crippen molar-refractivity contribution in [3.63, 3.8) is 0 Å². The van der Waals surface area contributed by atoms with Crippen LogP contribution in [0.25, 0.3) is 55.6 Å². The van der Waals surface area contributed by atoms with E-state index in [1.54, 1.807) is 31.0 Å².